The Hall–Kier alpha value is -2.85. The van der Waals surface area contributed by atoms with E-state index in [4.69, 9.17) is 4.74 Å². The van der Waals surface area contributed by atoms with Crippen LogP contribution in [0.2, 0.25) is 0 Å². The first kappa shape index (κ1) is 23.1. The molecule has 0 unspecified atom stereocenters. The summed E-state index contributed by atoms with van der Waals surface area (Å²) in [6, 6.07) is 0. The average molecular weight is 374 g/mol. The summed E-state index contributed by atoms with van der Waals surface area (Å²) in [4.78, 5) is 57.8. The summed E-state index contributed by atoms with van der Waals surface area (Å²) in [5.41, 5.74) is -0.0430. The summed E-state index contributed by atoms with van der Waals surface area (Å²) < 4.78 is 9.36. The molecular formula is C15H26N4O7. The number of carbonyl (C=O) groups excluding carboxylic acids is 5. The van der Waals surface area contributed by atoms with Crippen LogP contribution in [0, 0.1) is 0 Å². The van der Waals surface area contributed by atoms with Gasteiger partial charge in [-0.1, -0.05) is 0 Å². The van der Waals surface area contributed by atoms with E-state index in [9.17, 15) is 24.0 Å². The van der Waals surface area contributed by atoms with Crippen LogP contribution in [0.1, 0.15) is 34.6 Å². The van der Waals surface area contributed by atoms with Crippen molar-refractivity contribution in [3.8, 4) is 0 Å². The lowest BCUT2D eigenvalue weighted by Gasteiger charge is -2.33. The molecule has 0 saturated carbocycles. The van der Waals surface area contributed by atoms with Gasteiger partial charge in [0.15, 0.2) is 0 Å². The molecule has 148 valence electrons. The topological polar surface area (TPSA) is 143 Å². The van der Waals surface area contributed by atoms with Gasteiger partial charge in [-0.25, -0.2) is 9.80 Å². The summed E-state index contributed by atoms with van der Waals surface area (Å²) >= 11 is 0. The minimum absolute atomic E-state index is 0.239. The Bertz CT molecular complexity index is 555. The maximum atomic E-state index is 12.1. The van der Waals surface area contributed by atoms with Crippen molar-refractivity contribution in [3.05, 3.63) is 0 Å². The molecule has 0 rings (SSSR count). The third-order valence-corrected chi connectivity index (χ3v) is 2.92. The summed E-state index contributed by atoms with van der Waals surface area (Å²) in [6.45, 7) is 6.84. The number of nitrogens with zero attached hydrogens (tertiary/aromatic N) is 1. The van der Waals surface area contributed by atoms with E-state index in [1.165, 1.54) is 13.8 Å². The molecule has 4 amide bonds. The highest BCUT2D eigenvalue weighted by Crippen LogP contribution is 2.10. The number of hydrogen-bond acceptors (Lipinski definition) is 7. The zero-order valence-corrected chi connectivity index (χ0v) is 15.8. The fourth-order valence-electron chi connectivity index (χ4n) is 1.49. The quantitative estimate of drug-likeness (QED) is 0.283. The molecule has 0 saturated heterocycles. The van der Waals surface area contributed by atoms with Gasteiger partial charge in [0.2, 0.25) is 12.3 Å². The van der Waals surface area contributed by atoms with Gasteiger partial charge >= 0.3 is 12.1 Å². The number of ether oxygens (including phenoxy) is 2. The Labute approximate surface area is 151 Å². The van der Waals surface area contributed by atoms with Gasteiger partial charge in [0, 0.05) is 0 Å². The van der Waals surface area contributed by atoms with E-state index in [1.807, 2.05) is 0 Å². The smallest absolute Gasteiger partial charge is 0.408 e. The third-order valence-electron chi connectivity index (χ3n) is 2.92. The van der Waals surface area contributed by atoms with Crippen LogP contribution in [-0.4, -0.2) is 66.6 Å². The average Bonchev–Trinajstić information content (AvgIpc) is 2.53. The predicted octanol–water partition coefficient (Wildman–Crippen LogP) is -0.931. The van der Waals surface area contributed by atoms with Crippen LogP contribution in [0.3, 0.4) is 0 Å². The van der Waals surface area contributed by atoms with E-state index in [2.05, 4.69) is 20.8 Å². The molecule has 0 atom stereocenters. The molecule has 0 aromatic carbocycles. The summed E-state index contributed by atoms with van der Waals surface area (Å²) in [5.74, 6) is -2.12. The highest BCUT2D eigenvalue weighted by Gasteiger charge is 2.35. The lowest BCUT2D eigenvalue weighted by atomic mass is 10.0. The number of alkyl carbamates (subject to hydrolysis) is 1. The number of amides is 4. The van der Waals surface area contributed by atoms with Crippen LogP contribution >= 0.6 is 0 Å². The van der Waals surface area contributed by atoms with E-state index in [-0.39, 0.29) is 13.0 Å². The first-order valence-corrected chi connectivity index (χ1v) is 7.69. The molecule has 0 aliphatic carbocycles. The number of carbonyl (C=O) groups is 5. The van der Waals surface area contributed by atoms with Gasteiger partial charge < -0.3 is 20.1 Å². The van der Waals surface area contributed by atoms with Crippen molar-refractivity contribution in [1.82, 2.24) is 21.1 Å². The number of rotatable bonds is 8. The molecule has 3 N–H and O–H groups in total. The molecule has 0 aromatic heterocycles. The van der Waals surface area contributed by atoms with Crippen molar-refractivity contribution in [2.75, 3.05) is 20.2 Å². The minimum atomic E-state index is -1.50. The monoisotopic (exact) mass is 374 g/mol. The van der Waals surface area contributed by atoms with Crippen molar-refractivity contribution in [2.45, 2.75) is 45.8 Å². The van der Waals surface area contributed by atoms with E-state index in [1.54, 1.807) is 20.8 Å². The predicted molar refractivity (Wildman–Crippen MR) is 89.4 cm³/mol. The van der Waals surface area contributed by atoms with Crippen molar-refractivity contribution >= 4 is 30.3 Å². The fourth-order valence-corrected chi connectivity index (χ4v) is 1.49. The van der Waals surface area contributed by atoms with Gasteiger partial charge in [-0.15, -0.1) is 0 Å². The molecule has 0 radical (unpaired) electrons. The van der Waals surface area contributed by atoms with Crippen LogP contribution in [0.4, 0.5) is 4.79 Å². The van der Waals surface area contributed by atoms with Gasteiger partial charge in [-0.3, -0.25) is 24.6 Å². The lowest BCUT2D eigenvalue weighted by Crippen LogP contribution is -2.62. The second kappa shape index (κ2) is 9.59. The van der Waals surface area contributed by atoms with E-state index in [0.717, 1.165) is 12.1 Å². The van der Waals surface area contributed by atoms with Gasteiger partial charge in [0.25, 0.3) is 5.91 Å². The maximum absolute atomic E-state index is 12.1. The molecule has 0 aliphatic heterocycles. The summed E-state index contributed by atoms with van der Waals surface area (Å²) in [7, 11) is 1.16. The zero-order valence-electron chi connectivity index (χ0n) is 15.8. The molecule has 0 spiro atoms. The SMILES string of the molecule is COC(=O)CNC(=O)C(C)(C)N(C=O)NC(=O)CNC(=O)OC(C)(C)C. The highest BCUT2D eigenvalue weighted by molar-refractivity contribution is 5.91. The first-order chi connectivity index (χ1) is 11.8. The fraction of sp³-hybridized carbons (Fsp3) is 0.667. The van der Waals surface area contributed by atoms with Gasteiger partial charge in [-0.05, 0) is 34.6 Å². The molecule has 0 bridgehead atoms. The minimum Gasteiger partial charge on any atom is -0.468 e. The van der Waals surface area contributed by atoms with Gasteiger partial charge in [0.05, 0.1) is 7.11 Å². The highest BCUT2D eigenvalue weighted by atomic mass is 16.6. The summed E-state index contributed by atoms with van der Waals surface area (Å²) in [5, 5.41) is 5.22. The lowest BCUT2D eigenvalue weighted by molar-refractivity contribution is -0.149. The van der Waals surface area contributed by atoms with E-state index < -0.39 is 41.6 Å². The van der Waals surface area contributed by atoms with Crippen LogP contribution in [-0.2, 0) is 28.7 Å². The van der Waals surface area contributed by atoms with Gasteiger partial charge in [-0.2, -0.15) is 0 Å². The molecule has 0 aromatic rings. The number of nitrogens with one attached hydrogen (secondary N) is 3. The molecule has 0 aliphatic rings. The van der Waals surface area contributed by atoms with Crippen molar-refractivity contribution in [2.24, 2.45) is 0 Å². The normalized spacial score (nSPS) is 11.0. The van der Waals surface area contributed by atoms with Crippen molar-refractivity contribution in [1.29, 1.82) is 0 Å². The standard InChI is InChI=1S/C15H26N4O7/c1-14(2,3)26-13(24)17-7-10(21)18-19(9-20)15(4,5)12(23)16-8-11(22)25-6/h9H,7-8H2,1-6H3,(H,16,23)(H,17,24)(H,18,21). The number of hydrogen-bond donors (Lipinski definition) is 3. The van der Waals surface area contributed by atoms with E-state index >= 15 is 0 Å². The van der Waals surface area contributed by atoms with E-state index in [0.29, 0.717) is 0 Å². The Balaban J connectivity index is 4.68. The Morgan fingerprint density at radius 2 is 1.58 bits per heavy atom. The Morgan fingerprint density at radius 1 is 1.00 bits per heavy atom. The Morgan fingerprint density at radius 3 is 2.04 bits per heavy atom. The zero-order chi connectivity index (χ0) is 20.5. The third kappa shape index (κ3) is 8.31. The van der Waals surface area contributed by atoms with Crippen LogP contribution in [0.5, 0.6) is 0 Å². The van der Waals surface area contributed by atoms with Crippen molar-refractivity contribution in [3.63, 3.8) is 0 Å². The van der Waals surface area contributed by atoms with Crippen LogP contribution < -0.4 is 16.1 Å². The van der Waals surface area contributed by atoms with Crippen molar-refractivity contribution < 1.29 is 33.4 Å². The largest absolute Gasteiger partial charge is 0.468 e. The number of hydrazine groups is 1. The maximum Gasteiger partial charge on any atom is 0.408 e. The summed E-state index contributed by atoms with van der Waals surface area (Å²) in [6.07, 6.45) is -0.566. The molecule has 11 nitrogen and oxygen atoms in total. The molecule has 26 heavy (non-hydrogen) atoms. The molecular weight excluding hydrogens is 348 g/mol. The second-order valence-electron chi connectivity index (χ2n) is 6.68. The molecule has 11 heteroatoms. The van der Waals surface area contributed by atoms with Gasteiger partial charge in [0.1, 0.15) is 24.2 Å². The second-order valence-corrected chi connectivity index (χ2v) is 6.68. The number of esters is 1. The van der Waals surface area contributed by atoms with Crippen LogP contribution in [0.15, 0.2) is 0 Å². The Kier molecular flexibility index (Phi) is 8.54. The number of methoxy groups -OCH3 is 1. The molecule has 0 heterocycles. The molecule has 0 fully saturated rings. The van der Waals surface area contributed by atoms with Crippen LogP contribution in [0.25, 0.3) is 0 Å². The first-order valence-electron chi connectivity index (χ1n) is 7.69.